The monoisotopic (exact) mass is 327 g/mol. The second kappa shape index (κ2) is 5.88. The van der Waals surface area contributed by atoms with Crippen LogP contribution in [0.4, 0.5) is 5.69 Å². The van der Waals surface area contributed by atoms with Crippen molar-refractivity contribution < 1.29 is 9.59 Å². The largest absolute Gasteiger partial charge is 0.349 e. The molecule has 1 aromatic carbocycles. The number of nitrogens with one attached hydrogen (secondary N) is 3. The number of fused-ring (bicyclic) bond motifs is 2. The summed E-state index contributed by atoms with van der Waals surface area (Å²) in [4.78, 5) is 24.6. The Morgan fingerprint density at radius 3 is 3.12 bits per heavy atom. The molecule has 3 atom stereocenters. The predicted molar refractivity (Wildman–Crippen MR) is 92.6 cm³/mol. The number of carbonyl (C=O) groups excluding carboxylic acids is 2. The van der Waals surface area contributed by atoms with E-state index in [1.54, 1.807) is 0 Å². The van der Waals surface area contributed by atoms with Crippen molar-refractivity contribution in [1.82, 2.24) is 10.6 Å². The van der Waals surface area contributed by atoms with Crippen LogP contribution in [0.3, 0.4) is 0 Å². The lowest BCUT2D eigenvalue weighted by atomic mass is 9.67. The van der Waals surface area contributed by atoms with E-state index < -0.39 is 0 Å². The third-order valence-electron chi connectivity index (χ3n) is 6.09. The Labute approximate surface area is 142 Å². The normalized spacial score (nSPS) is 29.5. The highest BCUT2D eigenvalue weighted by Crippen LogP contribution is 2.44. The van der Waals surface area contributed by atoms with Gasteiger partial charge in [0.05, 0.1) is 17.9 Å². The first kappa shape index (κ1) is 15.6. The van der Waals surface area contributed by atoms with Crippen LogP contribution in [0.25, 0.3) is 0 Å². The minimum Gasteiger partial charge on any atom is -0.349 e. The molecule has 1 saturated heterocycles. The van der Waals surface area contributed by atoms with E-state index in [1.165, 1.54) is 6.42 Å². The Bertz CT molecular complexity index is 687. The van der Waals surface area contributed by atoms with Gasteiger partial charge in [-0.1, -0.05) is 25.0 Å². The minimum absolute atomic E-state index is 0.0415. The zero-order valence-corrected chi connectivity index (χ0v) is 14.2. The zero-order chi connectivity index (χ0) is 16.7. The molecule has 1 saturated carbocycles. The molecule has 4 rings (SSSR count). The molecule has 1 aliphatic carbocycles. The smallest absolute Gasteiger partial charge is 0.228 e. The summed E-state index contributed by atoms with van der Waals surface area (Å²) in [6.45, 7) is 3.80. The van der Waals surface area contributed by atoms with Crippen LogP contribution in [-0.2, 0) is 16.0 Å². The minimum atomic E-state index is -0.221. The van der Waals surface area contributed by atoms with Gasteiger partial charge in [0, 0.05) is 12.2 Å². The number of rotatable bonds is 3. The van der Waals surface area contributed by atoms with Gasteiger partial charge in [-0.2, -0.15) is 0 Å². The standard InChI is InChI=1S/C19H25N3O2/c1-12(13-5-6-16-14(8-13)9-17(23)22-16)21-18(24)19-7-3-2-4-15(19)10-20-11-19/h5-6,8,12,15,20H,2-4,7,9-11H2,1H3,(H,21,24)(H,22,23)/t12?,15-,19+/m0/s1. The molecule has 2 aliphatic heterocycles. The van der Waals surface area contributed by atoms with Crippen molar-refractivity contribution in [3.63, 3.8) is 0 Å². The fourth-order valence-electron chi connectivity index (χ4n) is 4.63. The highest BCUT2D eigenvalue weighted by Gasteiger charge is 2.50. The molecule has 0 aromatic heterocycles. The molecule has 3 aliphatic rings. The molecule has 0 bridgehead atoms. The van der Waals surface area contributed by atoms with Gasteiger partial charge in [0.15, 0.2) is 0 Å². The number of anilines is 1. The first-order valence-electron chi connectivity index (χ1n) is 9.03. The lowest BCUT2D eigenvalue weighted by Gasteiger charge is -2.38. The average Bonchev–Trinajstić information content (AvgIpc) is 3.16. The van der Waals surface area contributed by atoms with E-state index in [9.17, 15) is 9.59 Å². The van der Waals surface area contributed by atoms with Gasteiger partial charge in [0.2, 0.25) is 11.8 Å². The molecule has 2 fully saturated rings. The van der Waals surface area contributed by atoms with E-state index in [0.29, 0.717) is 12.3 Å². The van der Waals surface area contributed by atoms with Crippen molar-refractivity contribution in [2.45, 2.75) is 45.1 Å². The first-order chi connectivity index (χ1) is 11.6. The summed E-state index contributed by atoms with van der Waals surface area (Å²) in [5.41, 5.74) is 2.76. The van der Waals surface area contributed by atoms with Crippen molar-refractivity contribution in [2.75, 3.05) is 18.4 Å². The van der Waals surface area contributed by atoms with E-state index in [1.807, 2.05) is 25.1 Å². The molecule has 3 N–H and O–H groups in total. The Kier molecular flexibility index (Phi) is 3.83. The van der Waals surface area contributed by atoms with Crippen molar-refractivity contribution >= 4 is 17.5 Å². The fraction of sp³-hybridized carbons (Fsp3) is 0.579. The quantitative estimate of drug-likeness (QED) is 0.796. The number of amides is 2. The van der Waals surface area contributed by atoms with Crippen LogP contribution in [0, 0.1) is 11.3 Å². The van der Waals surface area contributed by atoms with Gasteiger partial charge in [-0.3, -0.25) is 9.59 Å². The number of hydrogen-bond acceptors (Lipinski definition) is 3. The molecule has 24 heavy (non-hydrogen) atoms. The summed E-state index contributed by atoms with van der Waals surface area (Å²) in [5, 5.41) is 9.53. The summed E-state index contributed by atoms with van der Waals surface area (Å²) in [6.07, 6.45) is 4.96. The van der Waals surface area contributed by atoms with Crippen LogP contribution in [0.15, 0.2) is 18.2 Å². The molecule has 1 aromatic rings. The first-order valence-corrected chi connectivity index (χ1v) is 9.03. The number of carbonyl (C=O) groups is 2. The Hall–Kier alpha value is -1.88. The number of hydrogen-bond donors (Lipinski definition) is 3. The van der Waals surface area contributed by atoms with Crippen molar-refractivity contribution in [3.8, 4) is 0 Å². The second-order valence-corrected chi connectivity index (χ2v) is 7.57. The molecule has 0 radical (unpaired) electrons. The Balaban J connectivity index is 1.50. The van der Waals surface area contributed by atoms with Gasteiger partial charge in [0.25, 0.3) is 0 Å². The van der Waals surface area contributed by atoms with Gasteiger partial charge < -0.3 is 16.0 Å². The van der Waals surface area contributed by atoms with Crippen LogP contribution in [0.5, 0.6) is 0 Å². The Morgan fingerprint density at radius 1 is 1.38 bits per heavy atom. The predicted octanol–water partition coefficient (Wildman–Crippen LogP) is 2.14. The van der Waals surface area contributed by atoms with Crippen molar-refractivity contribution in [3.05, 3.63) is 29.3 Å². The maximum Gasteiger partial charge on any atom is 0.228 e. The highest BCUT2D eigenvalue weighted by atomic mass is 16.2. The fourth-order valence-corrected chi connectivity index (χ4v) is 4.63. The molecule has 128 valence electrons. The molecule has 2 heterocycles. The van der Waals surface area contributed by atoms with E-state index in [0.717, 1.165) is 49.2 Å². The van der Waals surface area contributed by atoms with E-state index >= 15 is 0 Å². The van der Waals surface area contributed by atoms with E-state index in [-0.39, 0.29) is 23.3 Å². The third-order valence-corrected chi connectivity index (χ3v) is 6.09. The third kappa shape index (κ3) is 2.51. The van der Waals surface area contributed by atoms with Gasteiger partial charge in [-0.05, 0) is 49.4 Å². The van der Waals surface area contributed by atoms with E-state index in [2.05, 4.69) is 16.0 Å². The van der Waals surface area contributed by atoms with Crippen LogP contribution < -0.4 is 16.0 Å². The van der Waals surface area contributed by atoms with Gasteiger partial charge in [-0.15, -0.1) is 0 Å². The highest BCUT2D eigenvalue weighted by molar-refractivity contribution is 5.99. The lowest BCUT2D eigenvalue weighted by molar-refractivity contribution is -0.134. The molecule has 5 nitrogen and oxygen atoms in total. The second-order valence-electron chi connectivity index (χ2n) is 7.57. The topological polar surface area (TPSA) is 70.2 Å². The summed E-state index contributed by atoms with van der Waals surface area (Å²) in [5.74, 6) is 0.708. The van der Waals surface area contributed by atoms with Crippen LogP contribution in [-0.4, -0.2) is 24.9 Å². The van der Waals surface area contributed by atoms with Crippen molar-refractivity contribution in [1.29, 1.82) is 0 Å². The molecule has 0 spiro atoms. The van der Waals surface area contributed by atoms with E-state index in [4.69, 9.17) is 0 Å². The molecule has 2 amide bonds. The molecule has 5 heteroatoms. The van der Waals surface area contributed by atoms with Crippen LogP contribution in [0.2, 0.25) is 0 Å². The van der Waals surface area contributed by atoms with Gasteiger partial charge >= 0.3 is 0 Å². The zero-order valence-electron chi connectivity index (χ0n) is 14.2. The molecular formula is C19H25N3O2. The molecule has 1 unspecified atom stereocenters. The van der Waals surface area contributed by atoms with Gasteiger partial charge in [0.1, 0.15) is 0 Å². The number of benzene rings is 1. The SMILES string of the molecule is CC(NC(=O)[C@@]12CCCC[C@H]1CNC2)c1ccc2c(c1)CC(=O)N2. The van der Waals surface area contributed by atoms with Gasteiger partial charge in [-0.25, -0.2) is 0 Å². The van der Waals surface area contributed by atoms with Crippen molar-refractivity contribution in [2.24, 2.45) is 11.3 Å². The summed E-state index contributed by atoms with van der Waals surface area (Å²) >= 11 is 0. The molecular weight excluding hydrogens is 302 g/mol. The summed E-state index contributed by atoms with van der Waals surface area (Å²) < 4.78 is 0. The summed E-state index contributed by atoms with van der Waals surface area (Å²) in [7, 11) is 0. The maximum atomic E-state index is 13.1. The van der Waals surface area contributed by atoms with Crippen LogP contribution >= 0.6 is 0 Å². The average molecular weight is 327 g/mol. The van der Waals surface area contributed by atoms with Crippen LogP contribution in [0.1, 0.15) is 49.8 Å². The maximum absolute atomic E-state index is 13.1. The Morgan fingerprint density at radius 2 is 2.25 bits per heavy atom. The summed E-state index contributed by atoms with van der Waals surface area (Å²) in [6, 6.07) is 5.94. The lowest BCUT2D eigenvalue weighted by Crippen LogP contribution is -2.48.